The summed E-state index contributed by atoms with van der Waals surface area (Å²) in [6.45, 7) is 6.25. The molecule has 0 aliphatic heterocycles. The van der Waals surface area contributed by atoms with Crippen molar-refractivity contribution in [1.82, 2.24) is 10.3 Å². The van der Waals surface area contributed by atoms with Crippen molar-refractivity contribution in [2.24, 2.45) is 5.92 Å². The van der Waals surface area contributed by atoms with E-state index in [9.17, 15) is 0 Å². The Labute approximate surface area is 131 Å². The van der Waals surface area contributed by atoms with Gasteiger partial charge >= 0.3 is 0 Å². The first-order valence-electron chi connectivity index (χ1n) is 7.15. The smallest absolute Gasteiger partial charge is 0.219 e. The highest BCUT2D eigenvalue weighted by Gasteiger charge is 2.01. The molecule has 1 heterocycles. The maximum Gasteiger partial charge on any atom is 0.219 e. The number of hydrogen-bond donors (Lipinski definition) is 1. The second-order valence-electron chi connectivity index (χ2n) is 5.30. The van der Waals surface area contributed by atoms with Crippen LogP contribution in [0.2, 0.25) is 0 Å². The standard InChI is InChI=1S/C17H22N2OS/c1-13(2)11-18-12-14-8-9-19-17(10-14)20-15-4-6-16(21-3)7-5-15/h4-10,13,18H,11-12H2,1-3H3. The van der Waals surface area contributed by atoms with Crippen LogP contribution in [-0.2, 0) is 6.54 Å². The van der Waals surface area contributed by atoms with Crippen molar-refractivity contribution >= 4 is 11.8 Å². The van der Waals surface area contributed by atoms with E-state index in [0.717, 1.165) is 18.8 Å². The Hall–Kier alpha value is -1.52. The minimum Gasteiger partial charge on any atom is -0.439 e. The van der Waals surface area contributed by atoms with Crippen LogP contribution in [0.5, 0.6) is 11.6 Å². The molecule has 1 aromatic heterocycles. The van der Waals surface area contributed by atoms with Gasteiger partial charge in [0.2, 0.25) is 5.88 Å². The predicted molar refractivity (Wildman–Crippen MR) is 89.1 cm³/mol. The van der Waals surface area contributed by atoms with Crippen molar-refractivity contribution in [3.63, 3.8) is 0 Å². The second-order valence-corrected chi connectivity index (χ2v) is 6.18. The Morgan fingerprint density at radius 1 is 1.19 bits per heavy atom. The van der Waals surface area contributed by atoms with Gasteiger partial charge < -0.3 is 10.1 Å². The van der Waals surface area contributed by atoms with Crippen LogP contribution in [0.15, 0.2) is 47.5 Å². The Bertz CT molecular complexity index is 555. The molecule has 0 bridgehead atoms. The number of hydrogen-bond acceptors (Lipinski definition) is 4. The fourth-order valence-electron chi connectivity index (χ4n) is 1.89. The monoisotopic (exact) mass is 302 g/mol. The summed E-state index contributed by atoms with van der Waals surface area (Å²) in [6, 6.07) is 12.0. The molecule has 0 saturated heterocycles. The maximum atomic E-state index is 5.80. The van der Waals surface area contributed by atoms with E-state index in [1.807, 2.05) is 36.4 Å². The average molecular weight is 302 g/mol. The molecule has 0 aliphatic carbocycles. The number of ether oxygens (including phenoxy) is 1. The van der Waals surface area contributed by atoms with Gasteiger partial charge in [-0.25, -0.2) is 4.98 Å². The molecule has 0 amide bonds. The lowest BCUT2D eigenvalue weighted by Crippen LogP contribution is -2.18. The van der Waals surface area contributed by atoms with Gasteiger partial charge in [0.1, 0.15) is 5.75 Å². The van der Waals surface area contributed by atoms with E-state index in [-0.39, 0.29) is 0 Å². The van der Waals surface area contributed by atoms with Crippen molar-refractivity contribution in [3.05, 3.63) is 48.2 Å². The van der Waals surface area contributed by atoms with Gasteiger partial charge in [0.05, 0.1) is 0 Å². The summed E-state index contributed by atoms with van der Waals surface area (Å²) in [5.74, 6) is 2.10. The molecule has 0 atom stereocenters. The van der Waals surface area contributed by atoms with Gasteiger partial charge in [0.15, 0.2) is 0 Å². The highest BCUT2D eigenvalue weighted by Crippen LogP contribution is 2.23. The molecule has 0 aliphatic rings. The van der Waals surface area contributed by atoms with E-state index in [4.69, 9.17) is 4.74 Å². The molecule has 2 rings (SSSR count). The van der Waals surface area contributed by atoms with Crippen LogP contribution in [0, 0.1) is 5.92 Å². The third-order valence-electron chi connectivity index (χ3n) is 2.96. The molecule has 1 N–H and O–H groups in total. The average Bonchev–Trinajstić information content (AvgIpc) is 2.48. The summed E-state index contributed by atoms with van der Waals surface area (Å²) < 4.78 is 5.80. The minimum atomic E-state index is 0.635. The Kier molecular flexibility index (Phi) is 6.08. The van der Waals surface area contributed by atoms with Crippen molar-refractivity contribution in [2.75, 3.05) is 12.8 Å². The fourth-order valence-corrected chi connectivity index (χ4v) is 2.29. The lowest BCUT2D eigenvalue weighted by molar-refractivity contribution is 0.461. The van der Waals surface area contributed by atoms with Gasteiger partial charge in [-0.3, -0.25) is 0 Å². The number of thioether (sulfide) groups is 1. The second kappa shape index (κ2) is 8.05. The topological polar surface area (TPSA) is 34.1 Å². The number of rotatable bonds is 7. The molecular formula is C17H22N2OS. The third kappa shape index (κ3) is 5.40. The van der Waals surface area contributed by atoms with Gasteiger partial charge in [-0.1, -0.05) is 13.8 Å². The largest absolute Gasteiger partial charge is 0.439 e. The number of benzene rings is 1. The maximum absolute atomic E-state index is 5.80. The normalized spacial score (nSPS) is 10.9. The molecule has 1 aromatic carbocycles. The zero-order valence-corrected chi connectivity index (χ0v) is 13.6. The first-order valence-corrected chi connectivity index (χ1v) is 8.37. The molecular weight excluding hydrogens is 280 g/mol. The quantitative estimate of drug-likeness (QED) is 0.771. The summed E-state index contributed by atoms with van der Waals surface area (Å²) in [7, 11) is 0. The molecule has 4 heteroatoms. The Morgan fingerprint density at radius 2 is 1.95 bits per heavy atom. The first kappa shape index (κ1) is 15.9. The molecule has 21 heavy (non-hydrogen) atoms. The zero-order valence-electron chi connectivity index (χ0n) is 12.8. The highest BCUT2D eigenvalue weighted by molar-refractivity contribution is 7.98. The van der Waals surface area contributed by atoms with Crippen LogP contribution in [0.25, 0.3) is 0 Å². The molecule has 2 aromatic rings. The number of nitrogens with zero attached hydrogens (tertiary/aromatic N) is 1. The molecule has 0 radical (unpaired) electrons. The lowest BCUT2D eigenvalue weighted by Gasteiger charge is -2.09. The van der Waals surface area contributed by atoms with Gasteiger partial charge in [0.25, 0.3) is 0 Å². The highest BCUT2D eigenvalue weighted by atomic mass is 32.2. The van der Waals surface area contributed by atoms with E-state index < -0.39 is 0 Å². The Morgan fingerprint density at radius 3 is 2.62 bits per heavy atom. The minimum absolute atomic E-state index is 0.635. The van der Waals surface area contributed by atoms with E-state index in [1.54, 1.807) is 18.0 Å². The van der Waals surface area contributed by atoms with E-state index >= 15 is 0 Å². The number of pyridine rings is 1. The van der Waals surface area contributed by atoms with Crippen molar-refractivity contribution < 1.29 is 4.74 Å². The van der Waals surface area contributed by atoms with Crippen molar-refractivity contribution in [3.8, 4) is 11.6 Å². The first-order chi connectivity index (χ1) is 10.2. The summed E-state index contributed by atoms with van der Waals surface area (Å²) in [4.78, 5) is 5.49. The molecule has 0 spiro atoms. The summed E-state index contributed by atoms with van der Waals surface area (Å²) in [5, 5.41) is 3.42. The molecule has 0 saturated carbocycles. The van der Waals surface area contributed by atoms with Crippen LogP contribution in [0.3, 0.4) is 0 Å². The summed E-state index contributed by atoms with van der Waals surface area (Å²) >= 11 is 1.72. The van der Waals surface area contributed by atoms with E-state index in [0.29, 0.717) is 11.8 Å². The molecule has 3 nitrogen and oxygen atoms in total. The van der Waals surface area contributed by atoms with Crippen LogP contribution in [0.4, 0.5) is 0 Å². The van der Waals surface area contributed by atoms with Crippen molar-refractivity contribution in [2.45, 2.75) is 25.3 Å². The molecule has 0 fully saturated rings. The van der Waals surface area contributed by atoms with Crippen molar-refractivity contribution in [1.29, 1.82) is 0 Å². The van der Waals surface area contributed by atoms with Crippen LogP contribution in [0.1, 0.15) is 19.4 Å². The fraction of sp³-hybridized carbons (Fsp3) is 0.353. The van der Waals surface area contributed by atoms with Gasteiger partial charge in [0, 0.05) is 23.7 Å². The van der Waals surface area contributed by atoms with Crippen LogP contribution >= 0.6 is 11.8 Å². The lowest BCUT2D eigenvalue weighted by atomic mass is 10.2. The van der Waals surface area contributed by atoms with Gasteiger partial charge in [-0.15, -0.1) is 11.8 Å². The van der Waals surface area contributed by atoms with E-state index in [1.165, 1.54) is 10.5 Å². The van der Waals surface area contributed by atoms with Gasteiger partial charge in [-0.2, -0.15) is 0 Å². The molecule has 0 unspecified atom stereocenters. The SMILES string of the molecule is CSc1ccc(Oc2cc(CNCC(C)C)ccn2)cc1. The predicted octanol–water partition coefficient (Wildman–Crippen LogP) is 4.34. The Balaban J connectivity index is 1.96. The third-order valence-corrected chi connectivity index (χ3v) is 3.71. The van der Waals surface area contributed by atoms with Crippen LogP contribution in [-0.4, -0.2) is 17.8 Å². The zero-order chi connectivity index (χ0) is 15.1. The number of nitrogens with one attached hydrogen (secondary N) is 1. The molecule has 112 valence electrons. The van der Waals surface area contributed by atoms with Gasteiger partial charge in [-0.05, 0) is 54.6 Å². The number of aromatic nitrogens is 1. The van der Waals surface area contributed by atoms with Crippen LogP contribution < -0.4 is 10.1 Å². The van der Waals surface area contributed by atoms with E-state index in [2.05, 4.69) is 30.4 Å². The summed E-state index contributed by atoms with van der Waals surface area (Å²) in [6.07, 6.45) is 3.85. The summed E-state index contributed by atoms with van der Waals surface area (Å²) in [5.41, 5.74) is 1.18.